The van der Waals surface area contributed by atoms with Gasteiger partial charge in [-0.2, -0.15) is 0 Å². The quantitative estimate of drug-likeness (QED) is 0.629. The summed E-state index contributed by atoms with van der Waals surface area (Å²) in [6, 6.07) is 8.51. The van der Waals surface area contributed by atoms with Crippen LogP contribution in [-0.4, -0.2) is 20.9 Å². The minimum atomic E-state index is -0.563. The fraction of sp³-hybridized carbons (Fsp3) is 0.300. The summed E-state index contributed by atoms with van der Waals surface area (Å²) in [5, 5.41) is 0.360. The summed E-state index contributed by atoms with van der Waals surface area (Å²) in [6.45, 7) is 1.57. The first-order chi connectivity index (χ1) is 14.0. The molecular formula is C20H20N4O4S. The molecule has 1 aliphatic carbocycles. The van der Waals surface area contributed by atoms with Crippen LogP contribution in [0.2, 0.25) is 0 Å². The summed E-state index contributed by atoms with van der Waals surface area (Å²) < 4.78 is 2.32. The molecule has 2 aromatic heterocycles. The fourth-order valence-electron chi connectivity index (χ4n) is 3.61. The number of thiophene rings is 1. The number of rotatable bonds is 4. The van der Waals surface area contributed by atoms with E-state index in [-0.39, 0.29) is 24.6 Å². The van der Waals surface area contributed by atoms with E-state index in [0.29, 0.717) is 15.8 Å². The lowest BCUT2D eigenvalue weighted by Crippen LogP contribution is -2.46. The van der Waals surface area contributed by atoms with Crippen molar-refractivity contribution in [3.8, 4) is 0 Å². The van der Waals surface area contributed by atoms with Gasteiger partial charge in [0, 0.05) is 11.4 Å². The van der Waals surface area contributed by atoms with Crippen molar-refractivity contribution in [2.45, 2.75) is 39.3 Å². The molecule has 29 heavy (non-hydrogen) atoms. The molecule has 0 fully saturated rings. The molecule has 0 saturated heterocycles. The Balaban J connectivity index is 1.52. The highest BCUT2D eigenvalue weighted by Crippen LogP contribution is 2.30. The highest BCUT2D eigenvalue weighted by Gasteiger charge is 2.19. The van der Waals surface area contributed by atoms with Crippen LogP contribution in [0.3, 0.4) is 0 Å². The zero-order chi connectivity index (χ0) is 20.5. The highest BCUT2D eigenvalue weighted by molar-refractivity contribution is 7.14. The van der Waals surface area contributed by atoms with Gasteiger partial charge in [0.1, 0.15) is 6.54 Å². The van der Waals surface area contributed by atoms with Crippen LogP contribution >= 0.6 is 11.3 Å². The summed E-state index contributed by atoms with van der Waals surface area (Å²) in [6.07, 6.45) is 3.08. The van der Waals surface area contributed by atoms with E-state index in [2.05, 4.69) is 10.9 Å². The molecule has 2 N–H and O–H groups in total. The molecule has 1 aromatic carbocycles. The third kappa shape index (κ3) is 3.49. The number of para-hydroxylation sites is 1. The number of hydrogen-bond donors (Lipinski definition) is 2. The molecule has 1 aliphatic rings. The van der Waals surface area contributed by atoms with Gasteiger partial charge >= 0.3 is 5.69 Å². The third-order valence-corrected chi connectivity index (χ3v) is 6.27. The summed E-state index contributed by atoms with van der Waals surface area (Å²) in [4.78, 5) is 51.6. The number of carbonyl (C=O) groups is 2. The number of fused-ring (bicyclic) bond motifs is 2. The Hall–Kier alpha value is -3.20. The van der Waals surface area contributed by atoms with Gasteiger partial charge in [-0.1, -0.05) is 12.1 Å². The van der Waals surface area contributed by atoms with Gasteiger partial charge in [-0.3, -0.25) is 34.4 Å². The zero-order valence-electron chi connectivity index (χ0n) is 15.9. The van der Waals surface area contributed by atoms with E-state index in [1.165, 1.54) is 26.3 Å². The standard InChI is InChI=1S/C20H20N4O4S/c1-2-23-19(27)13-7-3-4-8-14(13)24(20(23)28)11-17(25)21-22-18(26)16-10-12-6-5-9-15(12)29-16/h3-4,7-8,10H,2,5-6,9,11H2,1H3,(H,21,25)(H,22,26). The van der Waals surface area contributed by atoms with E-state index in [1.807, 2.05) is 6.07 Å². The normalized spacial score (nSPS) is 12.7. The average Bonchev–Trinajstić information content (AvgIpc) is 3.32. The van der Waals surface area contributed by atoms with Crippen molar-refractivity contribution in [1.82, 2.24) is 20.0 Å². The summed E-state index contributed by atoms with van der Waals surface area (Å²) in [5.41, 5.74) is 5.39. The number of hydrazine groups is 1. The number of benzene rings is 1. The largest absolute Gasteiger partial charge is 0.331 e. The van der Waals surface area contributed by atoms with E-state index in [4.69, 9.17) is 0 Å². The van der Waals surface area contributed by atoms with Crippen molar-refractivity contribution >= 4 is 34.1 Å². The number of carbonyl (C=O) groups excluding carboxylic acids is 2. The maximum atomic E-state index is 12.7. The number of amides is 2. The molecule has 0 bridgehead atoms. The van der Waals surface area contributed by atoms with Crippen LogP contribution in [0, 0.1) is 0 Å². The highest BCUT2D eigenvalue weighted by atomic mass is 32.1. The summed E-state index contributed by atoms with van der Waals surface area (Å²) in [5.74, 6) is -0.940. The molecular weight excluding hydrogens is 392 g/mol. The van der Waals surface area contributed by atoms with Crippen LogP contribution in [-0.2, 0) is 30.7 Å². The van der Waals surface area contributed by atoms with Gasteiger partial charge in [-0.25, -0.2) is 4.79 Å². The van der Waals surface area contributed by atoms with E-state index in [0.717, 1.165) is 23.8 Å². The molecule has 3 aromatic rings. The van der Waals surface area contributed by atoms with E-state index in [9.17, 15) is 19.2 Å². The number of hydrogen-bond acceptors (Lipinski definition) is 5. The van der Waals surface area contributed by atoms with E-state index >= 15 is 0 Å². The van der Waals surface area contributed by atoms with Crippen molar-refractivity contribution < 1.29 is 9.59 Å². The van der Waals surface area contributed by atoms with Crippen LogP contribution in [0.25, 0.3) is 10.9 Å². The number of nitrogens with zero attached hydrogens (tertiary/aromatic N) is 2. The Labute approximate surface area is 169 Å². The van der Waals surface area contributed by atoms with Gasteiger partial charge in [-0.05, 0) is 49.9 Å². The van der Waals surface area contributed by atoms with Crippen molar-refractivity contribution in [2.75, 3.05) is 0 Å². The Morgan fingerprint density at radius 3 is 2.66 bits per heavy atom. The molecule has 0 radical (unpaired) electrons. The molecule has 9 heteroatoms. The monoisotopic (exact) mass is 412 g/mol. The first kappa shape index (κ1) is 19.1. The topological polar surface area (TPSA) is 102 Å². The molecule has 4 rings (SSSR count). The van der Waals surface area contributed by atoms with Gasteiger partial charge < -0.3 is 0 Å². The van der Waals surface area contributed by atoms with Gasteiger partial charge in [0.05, 0.1) is 15.8 Å². The van der Waals surface area contributed by atoms with Crippen LogP contribution in [0.4, 0.5) is 0 Å². The molecule has 0 spiro atoms. The van der Waals surface area contributed by atoms with E-state index < -0.39 is 11.6 Å². The smallest absolute Gasteiger partial charge is 0.284 e. The molecule has 0 aliphatic heterocycles. The van der Waals surface area contributed by atoms with E-state index in [1.54, 1.807) is 31.2 Å². The average molecular weight is 412 g/mol. The van der Waals surface area contributed by atoms with Crippen molar-refractivity contribution in [1.29, 1.82) is 0 Å². The third-order valence-electron chi connectivity index (χ3n) is 5.04. The Bertz CT molecular complexity index is 1220. The number of aromatic nitrogens is 2. The van der Waals surface area contributed by atoms with Crippen LogP contribution < -0.4 is 22.1 Å². The van der Waals surface area contributed by atoms with Gasteiger partial charge in [-0.15, -0.1) is 11.3 Å². The maximum absolute atomic E-state index is 12.7. The predicted molar refractivity (Wildman–Crippen MR) is 110 cm³/mol. The second-order valence-corrected chi connectivity index (χ2v) is 7.99. The van der Waals surface area contributed by atoms with Crippen molar-refractivity contribution in [3.05, 3.63) is 66.5 Å². The molecule has 150 valence electrons. The molecule has 2 amide bonds. The first-order valence-electron chi connectivity index (χ1n) is 9.42. The van der Waals surface area contributed by atoms with Crippen LogP contribution in [0.1, 0.15) is 33.5 Å². The molecule has 8 nitrogen and oxygen atoms in total. The predicted octanol–water partition coefficient (Wildman–Crippen LogP) is 1.19. The minimum Gasteiger partial charge on any atom is -0.284 e. The first-order valence-corrected chi connectivity index (χ1v) is 10.2. The van der Waals surface area contributed by atoms with Crippen molar-refractivity contribution in [2.24, 2.45) is 0 Å². The zero-order valence-corrected chi connectivity index (χ0v) is 16.7. The molecule has 0 atom stereocenters. The second-order valence-electron chi connectivity index (χ2n) is 6.85. The summed E-state index contributed by atoms with van der Waals surface area (Å²) >= 11 is 1.44. The lowest BCUT2D eigenvalue weighted by molar-refractivity contribution is -0.122. The lowest BCUT2D eigenvalue weighted by Gasteiger charge is -2.13. The number of nitrogens with one attached hydrogen (secondary N) is 2. The fourth-order valence-corrected chi connectivity index (χ4v) is 4.76. The Kier molecular flexibility index (Phi) is 5.06. The molecule has 0 saturated carbocycles. The van der Waals surface area contributed by atoms with Gasteiger partial charge in [0.15, 0.2) is 0 Å². The summed E-state index contributed by atoms with van der Waals surface area (Å²) in [7, 11) is 0. The Morgan fingerprint density at radius 2 is 1.90 bits per heavy atom. The van der Waals surface area contributed by atoms with Gasteiger partial charge in [0.25, 0.3) is 17.4 Å². The lowest BCUT2D eigenvalue weighted by atomic mass is 10.2. The maximum Gasteiger partial charge on any atom is 0.331 e. The second kappa shape index (κ2) is 7.67. The minimum absolute atomic E-state index is 0.198. The van der Waals surface area contributed by atoms with Crippen molar-refractivity contribution in [3.63, 3.8) is 0 Å². The SMILES string of the molecule is CCn1c(=O)c2ccccc2n(CC(=O)NNC(=O)c2cc3c(s2)CCC3)c1=O. The Morgan fingerprint density at radius 1 is 1.10 bits per heavy atom. The van der Waals surface area contributed by atoms with Crippen LogP contribution in [0.5, 0.6) is 0 Å². The molecule has 2 heterocycles. The van der Waals surface area contributed by atoms with Gasteiger partial charge in [0.2, 0.25) is 0 Å². The number of aryl methyl sites for hydroxylation is 2. The molecule has 0 unspecified atom stereocenters. The van der Waals surface area contributed by atoms with Crippen LogP contribution in [0.15, 0.2) is 39.9 Å².